The fraction of sp³-hybridized carbons (Fsp3) is 0.231. The summed E-state index contributed by atoms with van der Waals surface area (Å²) in [5.41, 5.74) is -0.192. The molecule has 12 heteroatoms. The lowest BCUT2D eigenvalue weighted by atomic mass is 10.2. The first-order chi connectivity index (χ1) is 11.6. The van der Waals surface area contributed by atoms with Gasteiger partial charge in [0.15, 0.2) is 17.2 Å². The number of aromatic carboxylic acids is 1. The molecule has 25 heavy (non-hydrogen) atoms. The van der Waals surface area contributed by atoms with Gasteiger partial charge in [-0.1, -0.05) is 6.07 Å². The molecule has 0 amide bonds. The third-order valence-electron chi connectivity index (χ3n) is 3.33. The zero-order chi connectivity index (χ0) is 18.4. The van der Waals surface area contributed by atoms with Crippen LogP contribution in [0.1, 0.15) is 16.1 Å². The van der Waals surface area contributed by atoms with Crippen LogP contribution >= 0.6 is 0 Å². The normalized spacial score (nSPS) is 15.3. The van der Waals surface area contributed by atoms with Crippen molar-refractivity contribution < 1.29 is 36.6 Å². The second-order valence-electron chi connectivity index (χ2n) is 5.06. The molecule has 1 aromatic heterocycles. The van der Waals surface area contributed by atoms with Gasteiger partial charge >= 0.3 is 12.3 Å². The smallest absolute Gasteiger partial charge is 0.476 e. The molecule has 0 unspecified atom stereocenters. The third-order valence-corrected chi connectivity index (χ3v) is 4.73. The molecule has 2 aromatic rings. The molecule has 1 aliphatic heterocycles. The van der Waals surface area contributed by atoms with E-state index < -0.39 is 32.9 Å². The fourth-order valence-electron chi connectivity index (χ4n) is 2.22. The van der Waals surface area contributed by atoms with E-state index in [1.807, 2.05) is 0 Å². The van der Waals surface area contributed by atoms with Gasteiger partial charge in [-0.3, -0.25) is 4.68 Å². The van der Waals surface area contributed by atoms with E-state index in [0.717, 1.165) is 10.9 Å². The highest BCUT2D eigenvalue weighted by atomic mass is 32.2. The van der Waals surface area contributed by atoms with Crippen molar-refractivity contribution in [2.45, 2.75) is 17.7 Å². The maximum absolute atomic E-state index is 13.0. The van der Waals surface area contributed by atoms with Crippen molar-refractivity contribution in [3.63, 3.8) is 0 Å². The first-order valence-corrected chi connectivity index (χ1v) is 8.21. The molecule has 0 fully saturated rings. The number of alkyl halides is 2. The SMILES string of the molecule is Cn1ncc(S(=O)(=O)NCc2ccc3c(c2)OC(F)(F)O3)c1C(=O)O. The minimum Gasteiger partial charge on any atom is -0.476 e. The lowest BCUT2D eigenvalue weighted by Crippen LogP contribution is -2.26. The Kier molecular flexibility index (Phi) is 3.88. The number of ether oxygens (including phenoxy) is 2. The van der Waals surface area contributed by atoms with Crippen LogP contribution < -0.4 is 14.2 Å². The van der Waals surface area contributed by atoms with Crippen molar-refractivity contribution >= 4 is 16.0 Å². The molecule has 2 heterocycles. The van der Waals surface area contributed by atoms with Gasteiger partial charge < -0.3 is 14.6 Å². The molecule has 0 spiro atoms. The van der Waals surface area contributed by atoms with Gasteiger partial charge in [-0.25, -0.2) is 17.9 Å². The van der Waals surface area contributed by atoms with Gasteiger partial charge in [0.1, 0.15) is 4.90 Å². The lowest BCUT2D eigenvalue weighted by Gasteiger charge is -2.07. The van der Waals surface area contributed by atoms with Crippen molar-refractivity contribution in [3.05, 3.63) is 35.7 Å². The average Bonchev–Trinajstić information content (AvgIpc) is 3.03. The van der Waals surface area contributed by atoms with Crippen LogP contribution in [0, 0.1) is 0 Å². The average molecular weight is 375 g/mol. The highest BCUT2D eigenvalue weighted by molar-refractivity contribution is 7.89. The minimum atomic E-state index is -4.18. The number of carboxylic acid groups (broad SMARTS) is 1. The second-order valence-corrected chi connectivity index (χ2v) is 6.79. The Labute approximate surface area is 139 Å². The standard InChI is InChI=1S/C13H11F2N3O6S/c1-18-11(12(19)20)10(6-16-18)25(21,22)17-5-7-2-3-8-9(4-7)24-13(14,15)23-8/h2-4,6,17H,5H2,1H3,(H,19,20). The van der Waals surface area contributed by atoms with Crippen molar-refractivity contribution in [1.29, 1.82) is 0 Å². The van der Waals surface area contributed by atoms with Crippen LogP contribution in [0.2, 0.25) is 0 Å². The van der Waals surface area contributed by atoms with Crippen molar-refractivity contribution in [1.82, 2.24) is 14.5 Å². The predicted molar refractivity (Wildman–Crippen MR) is 76.8 cm³/mol. The molecule has 0 aliphatic carbocycles. The summed E-state index contributed by atoms with van der Waals surface area (Å²) in [4.78, 5) is 10.7. The Morgan fingerprint density at radius 2 is 2.04 bits per heavy atom. The van der Waals surface area contributed by atoms with E-state index in [-0.39, 0.29) is 18.0 Å². The topological polar surface area (TPSA) is 120 Å². The van der Waals surface area contributed by atoms with Crippen LogP contribution in [-0.2, 0) is 23.6 Å². The Balaban J connectivity index is 1.79. The molecular weight excluding hydrogens is 364 g/mol. The zero-order valence-electron chi connectivity index (χ0n) is 12.6. The summed E-state index contributed by atoms with van der Waals surface area (Å²) < 4.78 is 62.1. The first kappa shape index (κ1) is 17.1. The number of benzene rings is 1. The molecule has 9 nitrogen and oxygen atoms in total. The number of halogens is 2. The van der Waals surface area contributed by atoms with Crippen molar-refractivity contribution in [2.24, 2.45) is 7.05 Å². The van der Waals surface area contributed by atoms with Crippen LogP contribution in [0.4, 0.5) is 8.78 Å². The number of carboxylic acids is 1. The molecule has 134 valence electrons. The van der Waals surface area contributed by atoms with Gasteiger partial charge in [0, 0.05) is 13.6 Å². The second kappa shape index (κ2) is 5.67. The molecule has 1 aromatic carbocycles. The number of rotatable bonds is 5. The Bertz CT molecular complexity index is 957. The predicted octanol–water partition coefficient (Wildman–Crippen LogP) is 0.918. The Morgan fingerprint density at radius 1 is 1.36 bits per heavy atom. The molecule has 2 N–H and O–H groups in total. The maximum atomic E-state index is 13.0. The number of sulfonamides is 1. The molecular formula is C13H11F2N3O6S. The number of hydrogen-bond donors (Lipinski definition) is 2. The van der Waals surface area contributed by atoms with Crippen molar-refractivity contribution in [2.75, 3.05) is 0 Å². The van der Waals surface area contributed by atoms with Crippen molar-refractivity contribution in [3.8, 4) is 11.5 Å². The zero-order valence-corrected chi connectivity index (χ0v) is 13.4. The summed E-state index contributed by atoms with van der Waals surface area (Å²) in [7, 11) is -2.89. The number of fused-ring (bicyclic) bond motifs is 1. The van der Waals surface area contributed by atoms with Crippen LogP contribution in [0.15, 0.2) is 29.3 Å². The summed E-state index contributed by atoms with van der Waals surface area (Å²) in [5.74, 6) is -1.85. The fourth-order valence-corrected chi connectivity index (χ4v) is 3.39. The number of aryl methyl sites for hydroxylation is 1. The number of nitrogens with one attached hydrogen (secondary N) is 1. The molecule has 1 aliphatic rings. The van der Waals surface area contributed by atoms with Gasteiger partial charge in [-0.2, -0.15) is 5.10 Å². The molecule has 0 bridgehead atoms. The van der Waals surface area contributed by atoms with E-state index >= 15 is 0 Å². The maximum Gasteiger partial charge on any atom is 0.586 e. The number of aromatic nitrogens is 2. The first-order valence-electron chi connectivity index (χ1n) is 6.73. The Hall–Kier alpha value is -2.73. The molecule has 0 saturated heterocycles. The monoisotopic (exact) mass is 375 g/mol. The summed E-state index contributed by atoms with van der Waals surface area (Å²) >= 11 is 0. The van der Waals surface area contributed by atoms with E-state index in [1.54, 1.807) is 0 Å². The number of carbonyl (C=O) groups is 1. The van der Waals surface area contributed by atoms with Gasteiger partial charge in [0.25, 0.3) is 0 Å². The molecule has 0 saturated carbocycles. The van der Waals surface area contributed by atoms with E-state index in [1.165, 1.54) is 25.2 Å². The quantitative estimate of drug-likeness (QED) is 0.797. The van der Waals surface area contributed by atoms with Gasteiger partial charge in [-0.05, 0) is 17.7 Å². The van der Waals surface area contributed by atoms with E-state index in [4.69, 9.17) is 5.11 Å². The Morgan fingerprint density at radius 3 is 2.72 bits per heavy atom. The van der Waals surface area contributed by atoms with Gasteiger partial charge in [0.05, 0.1) is 6.20 Å². The molecule has 0 radical (unpaired) electrons. The lowest BCUT2D eigenvalue weighted by molar-refractivity contribution is -0.286. The number of hydrogen-bond acceptors (Lipinski definition) is 6. The highest BCUT2D eigenvalue weighted by Crippen LogP contribution is 2.41. The summed E-state index contributed by atoms with van der Waals surface area (Å²) in [6.07, 6.45) is -2.86. The summed E-state index contributed by atoms with van der Waals surface area (Å²) in [6.45, 7) is -0.279. The van der Waals surface area contributed by atoms with E-state index in [9.17, 15) is 22.0 Å². The van der Waals surface area contributed by atoms with Crippen LogP contribution in [-0.4, -0.2) is 35.6 Å². The molecule has 3 rings (SSSR count). The molecule has 0 atom stereocenters. The number of nitrogens with zero attached hydrogens (tertiary/aromatic N) is 2. The van der Waals surface area contributed by atoms with Crippen LogP contribution in [0.5, 0.6) is 11.5 Å². The van der Waals surface area contributed by atoms with Crippen LogP contribution in [0.3, 0.4) is 0 Å². The third kappa shape index (κ3) is 3.25. The van der Waals surface area contributed by atoms with Crippen LogP contribution in [0.25, 0.3) is 0 Å². The highest BCUT2D eigenvalue weighted by Gasteiger charge is 2.43. The largest absolute Gasteiger partial charge is 0.586 e. The minimum absolute atomic E-state index is 0.169. The summed E-state index contributed by atoms with van der Waals surface area (Å²) in [6, 6.07) is 3.78. The summed E-state index contributed by atoms with van der Waals surface area (Å²) in [5, 5.41) is 12.7. The van der Waals surface area contributed by atoms with E-state index in [2.05, 4.69) is 19.3 Å². The van der Waals surface area contributed by atoms with Gasteiger partial charge in [-0.15, -0.1) is 8.78 Å². The van der Waals surface area contributed by atoms with Gasteiger partial charge in [0.2, 0.25) is 10.0 Å². The van der Waals surface area contributed by atoms with E-state index in [0.29, 0.717) is 5.56 Å².